The first kappa shape index (κ1) is 19.9. The van der Waals surface area contributed by atoms with Crippen LogP contribution in [-0.4, -0.2) is 5.78 Å². The number of carbonyl (C=O) groups excluding carboxylic acids is 1. The summed E-state index contributed by atoms with van der Waals surface area (Å²) in [5.74, 6) is 1.27. The van der Waals surface area contributed by atoms with E-state index < -0.39 is 0 Å². The fourth-order valence-electron chi connectivity index (χ4n) is 4.56. The minimum atomic E-state index is 0.282. The van der Waals surface area contributed by atoms with Gasteiger partial charge in [-0.3, -0.25) is 4.79 Å². The summed E-state index contributed by atoms with van der Waals surface area (Å²) < 4.78 is 6.09. The van der Waals surface area contributed by atoms with Gasteiger partial charge in [0.15, 0.2) is 5.78 Å². The van der Waals surface area contributed by atoms with Gasteiger partial charge in [0.25, 0.3) is 0 Å². The molecule has 0 aliphatic heterocycles. The maximum Gasteiger partial charge on any atom is 0.162 e. The van der Waals surface area contributed by atoms with Crippen LogP contribution in [0.15, 0.2) is 46.9 Å². The van der Waals surface area contributed by atoms with Crippen LogP contribution in [0.3, 0.4) is 0 Å². The first-order chi connectivity index (χ1) is 14.3. The third kappa shape index (κ3) is 4.47. The predicted octanol–water partition coefficient (Wildman–Crippen LogP) is 8.11. The number of hydrogen-bond donors (Lipinski definition) is 0. The molecule has 2 heteroatoms. The van der Waals surface area contributed by atoms with Gasteiger partial charge in [-0.1, -0.05) is 88.6 Å². The molecule has 1 aliphatic carbocycles. The van der Waals surface area contributed by atoms with Crippen LogP contribution in [0.2, 0.25) is 0 Å². The maximum atomic E-state index is 12.7. The number of para-hydroxylation sites is 1. The van der Waals surface area contributed by atoms with E-state index in [4.69, 9.17) is 4.42 Å². The van der Waals surface area contributed by atoms with Crippen molar-refractivity contribution in [3.8, 4) is 11.3 Å². The number of Topliss-reactive ketones (excluding diaryl/α,β-unsaturated/α-hetero) is 1. The highest BCUT2D eigenvalue weighted by atomic mass is 16.3. The molecule has 0 N–H and O–H groups in total. The van der Waals surface area contributed by atoms with Crippen molar-refractivity contribution in [2.75, 3.05) is 0 Å². The van der Waals surface area contributed by atoms with Crippen LogP contribution in [0, 0.1) is 0 Å². The van der Waals surface area contributed by atoms with Gasteiger partial charge in [-0.2, -0.15) is 0 Å². The zero-order valence-electron chi connectivity index (χ0n) is 17.6. The van der Waals surface area contributed by atoms with E-state index in [0.717, 1.165) is 35.3 Å². The number of ketones is 1. The van der Waals surface area contributed by atoms with Crippen molar-refractivity contribution in [3.05, 3.63) is 59.2 Å². The molecule has 0 saturated heterocycles. The van der Waals surface area contributed by atoms with Gasteiger partial charge in [0.1, 0.15) is 11.3 Å². The zero-order valence-corrected chi connectivity index (χ0v) is 17.6. The maximum absolute atomic E-state index is 12.7. The van der Waals surface area contributed by atoms with Gasteiger partial charge in [0, 0.05) is 34.9 Å². The summed E-state index contributed by atoms with van der Waals surface area (Å²) in [5.41, 5.74) is 5.45. The van der Waals surface area contributed by atoms with Gasteiger partial charge < -0.3 is 4.42 Å². The van der Waals surface area contributed by atoms with Gasteiger partial charge in [0.2, 0.25) is 0 Å². The smallest absolute Gasteiger partial charge is 0.162 e. The lowest BCUT2D eigenvalue weighted by Gasteiger charge is -2.05. The van der Waals surface area contributed by atoms with Crippen molar-refractivity contribution in [1.82, 2.24) is 0 Å². The van der Waals surface area contributed by atoms with Crippen LogP contribution >= 0.6 is 0 Å². The second-order valence-corrected chi connectivity index (χ2v) is 8.46. The standard InChI is InChI=1S/C27H32O2/c1-2-3-4-5-6-7-8-9-10-14-25(28)20-16-17-22-21(18-20)19-24-23-13-11-12-15-26(23)29-27(22)24/h11-13,15-18H,2-10,14,19H2,1H3. The number of rotatable bonds is 11. The summed E-state index contributed by atoms with van der Waals surface area (Å²) in [6, 6.07) is 14.4. The van der Waals surface area contributed by atoms with Crippen LogP contribution in [-0.2, 0) is 6.42 Å². The third-order valence-electron chi connectivity index (χ3n) is 6.24. The summed E-state index contributed by atoms with van der Waals surface area (Å²) >= 11 is 0. The molecule has 2 aromatic carbocycles. The highest BCUT2D eigenvalue weighted by molar-refractivity contribution is 5.98. The quantitative estimate of drug-likeness (QED) is 0.192. The first-order valence-corrected chi connectivity index (χ1v) is 11.4. The number of fused-ring (bicyclic) bond motifs is 5. The van der Waals surface area contributed by atoms with Crippen molar-refractivity contribution < 1.29 is 9.21 Å². The van der Waals surface area contributed by atoms with Crippen LogP contribution in [0.4, 0.5) is 0 Å². The Labute approximate surface area is 174 Å². The molecule has 0 saturated carbocycles. The number of benzene rings is 2. The summed E-state index contributed by atoms with van der Waals surface area (Å²) in [6.45, 7) is 2.26. The van der Waals surface area contributed by atoms with Crippen LogP contribution < -0.4 is 0 Å². The fraction of sp³-hybridized carbons (Fsp3) is 0.444. The van der Waals surface area contributed by atoms with E-state index in [2.05, 4.69) is 31.2 Å². The number of hydrogen-bond acceptors (Lipinski definition) is 2. The fourth-order valence-corrected chi connectivity index (χ4v) is 4.56. The molecule has 1 aliphatic rings. The largest absolute Gasteiger partial charge is 0.456 e. The van der Waals surface area contributed by atoms with E-state index in [-0.39, 0.29) is 5.78 Å². The van der Waals surface area contributed by atoms with E-state index in [0.29, 0.717) is 6.42 Å². The number of furan rings is 1. The van der Waals surface area contributed by atoms with Crippen molar-refractivity contribution >= 4 is 16.8 Å². The first-order valence-electron chi connectivity index (χ1n) is 11.4. The Morgan fingerprint density at radius 2 is 1.62 bits per heavy atom. The number of unbranched alkanes of at least 4 members (excludes halogenated alkanes) is 8. The van der Waals surface area contributed by atoms with Crippen LogP contribution in [0.5, 0.6) is 0 Å². The lowest BCUT2D eigenvalue weighted by atomic mass is 9.99. The lowest BCUT2D eigenvalue weighted by Crippen LogP contribution is -2.00. The molecule has 0 amide bonds. The van der Waals surface area contributed by atoms with E-state index in [1.807, 2.05) is 18.2 Å². The molecule has 0 bridgehead atoms. The normalized spacial score (nSPS) is 12.3. The minimum Gasteiger partial charge on any atom is -0.456 e. The summed E-state index contributed by atoms with van der Waals surface area (Å²) in [5, 5.41) is 1.20. The third-order valence-corrected chi connectivity index (χ3v) is 6.24. The second-order valence-electron chi connectivity index (χ2n) is 8.46. The molecule has 0 fully saturated rings. The van der Waals surface area contributed by atoms with E-state index in [1.165, 1.54) is 67.9 Å². The molecule has 0 spiro atoms. The lowest BCUT2D eigenvalue weighted by molar-refractivity contribution is 0.0979. The van der Waals surface area contributed by atoms with Crippen LogP contribution in [0.25, 0.3) is 22.3 Å². The molecule has 0 radical (unpaired) electrons. The number of carbonyl (C=O) groups is 1. The monoisotopic (exact) mass is 388 g/mol. The zero-order chi connectivity index (χ0) is 20.1. The predicted molar refractivity (Wildman–Crippen MR) is 121 cm³/mol. The molecule has 152 valence electrons. The molecule has 4 rings (SSSR count). The van der Waals surface area contributed by atoms with Gasteiger partial charge in [-0.15, -0.1) is 0 Å². The molecule has 1 aromatic heterocycles. The molecule has 3 aromatic rings. The van der Waals surface area contributed by atoms with Crippen molar-refractivity contribution in [2.45, 2.75) is 77.6 Å². The molecular weight excluding hydrogens is 356 g/mol. The summed E-state index contributed by atoms with van der Waals surface area (Å²) in [4.78, 5) is 12.7. The highest BCUT2D eigenvalue weighted by Crippen LogP contribution is 2.42. The molecule has 2 nitrogen and oxygen atoms in total. The Hall–Kier alpha value is -2.35. The van der Waals surface area contributed by atoms with E-state index in [9.17, 15) is 4.79 Å². The average molecular weight is 389 g/mol. The Balaban J connectivity index is 1.28. The minimum absolute atomic E-state index is 0.282. The van der Waals surface area contributed by atoms with Gasteiger partial charge in [-0.05, 0) is 24.1 Å². The van der Waals surface area contributed by atoms with Gasteiger partial charge in [-0.25, -0.2) is 0 Å². The Kier molecular flexibility index (Phi) is 6.49. The van der Waals surface area contributed by atoms with Crippen LogP contribution in [0.1, 0.15) is 92.6 Å². The topological polar surface area (TPSA) is 30.2 Å². The Bertz CT molecular complexity index is 979. The molecule has 29 heavy (non-hydrogen) atoms. The second kappa shape index (κ2) is 9.43. The van der Waals surface area contributed by atoms with E-state index in [1.54, 1.807) is 0 Å². The van der Waals surface area contributed by atoms with Crippen molar-refractivity contribution in [1.29, 1.82) is 0 Å². The van der Waals surface area contributed by atoms with Gasteiger partial charge >= 0.3 is 0 Å². The Morgan fingerprint density at radius 3 is 2.41 bits per heavy atom. The van der Waals surface area contributed by atoms with Crippen molar-refractivity contribution in [3.63, 3.8) is 0 Å². The highest BCUT2D eigenvalue weighted by Gasteiger charge is 2.25. The van der Waals surface area contributed by atoms with E-state index >= 15 is 0 Å². The molecular formula is C27H32O2. The SMILES string of the molecule is CCCCCCCCCCCC(=O)c1ccc2c(c1)Cc1c-2oc2ccccc12. The van der Waals surface area contributed by atoms with Crippen molar-refractivity contribution in [2.24, 2.45) is 0 Å². The summed E-state index contributed by atoms with van der Waals surface area (Å²) in [7, 11) is 0. The molecule has 1 heterocycles. The molecule has 0 unspecified atom stereocenters. The Morgan fingerprint density at radius 1 is 0.897 bits per heavy atom. The summed E-state index contributed by atoms with van der Waals surface area (Å²) in [6.07, 6.45) is 13.1. The molecule has 0 atom stereocenters. The average Bonchev–Trinajstić information content (AvgIpc) is 3.28. The van der Waals surface area contributed by atoms with Gasteiger partial charge in [0.05, 0.1) is 0 Å².